The van der Waals surface area contributed by atoms with E-state index in [2.05, 4.69) is 11.4 Å². The van der Waals surface area contributed by atoms with Crippen molar-refractivity contribution in [2.75, 3.05) is 26.0 Å². The minimum Gasteiger partial charge on any atom is -0.497 e. The van der Waals surface area contributed by atoms with E-state index < -0.39 is 0 Å². The minimum atomic E-state index is -0.244. The van der Waals surface area contributed by atoms with Crippen molar-refractivity contribution >= 4 is 28.3 Å². The van der Waals surface area contributed by atoms with Crippen molar-refractivity contribution in [3.8, 4) is 5.75 Å². The maximum Gasteiger partial charge on any atom is 0.254 e. The molecule has 0 spiro atoms. The smallest absolute Gasteiger partial charge is 0.254 e. The highest BCUT2D eigenvalue weighted by molar-refractivity contribution is 6.10. The molecule has 5 heteroatoms. The number of aryl methyl sites for hydroxylation is 2. The number of rotatable bonds is 5. The second-order valence-corrected chi connectivity index (χ2v) is 7.05. The lowest BCUT2D eigenvalue weighted by Gasteiger charge is -2.18. The maximum atomic E-state index is 13.0. The zero-order valence-electron chi connectivity index (χ0n) is 16.0. The summed E-state index contributed by atoms with van der Waals surface area (Å²) in [4.78, 5) is 26.8. The molecule has 0 fully saturated rings. The van der Waals surface area contributed by atoms with Crippen LogP contribution >= 0.6 is 0 Å². The summed E-state index contributed by atoms with van der Waals surface area (Å²) in [6.07, 6.45) is 2.04. The first-order valence-corrected chi connectivity index (χ1v) is 9.29. The van der Waals surface area contributed by atoms with Gasteiger partial charge >= 0.3 is 0 Å². The van der Waals surface area contributed by atoms with Gasteiger partial charge in [-0.15, -0.1) is 0 Å². The van der Waals surface area contributed by atoms with Crippen molar-refractivity contribution < 1.29 is 14.3 Å². The summed E-state index contributed by atoms with van der Waals surface area (Å²) in [5, 5.41) is 4.98. The predicted molar refractivity (Wildman–Crippen MR) is 110 cm³/mol. The van der Waals surface area contributed by atoms with Crippen LogP contribution in [0.5, 0.6) is 5.75 Å². The lowest BCUT2D eigenvalue weighted by molar-refractivity contribution is -0.116. The predicted octanol–water partition coefficient (Wildman–Crippen LogP) is 3.66. The van der Waals surface area contributed by atoms with Crippen LogP contribution in [0.1, 0.15) is 21.5 Å². The van der Waals surface area contributed by atoms with E-state index >= 15 is 0 Å². The van der Waals surface area contributed by atoms with Crippen LogP contribution in [0.25, 0.3) is 10.8 Å². The summed E-state index contributed by atoms with van der Waals surface area (Å²) in [5.41, 5.74) is 3.89. The van der Waals surface area contributed by atoms with Crippen molar-refractivity contribution in [3.63, 3.8) is 0 Å². The Morgan fingerprint density at radius 3 is 2.43 bits per heavy atom. The number of methoxy groups -OCH3 is 1. The number of carbonyl (C=O) groups excluding carboxylic acids is 2. The molecule has 5 nitrogen and oxygen atoms in total. The van der Waals surface area contributed by atoms with Gasteiger partial charge in [0.2, 0.25) is 5.91 Å². The average molecular weight is 374 g/mol. The molecule has 0 saturated carbocycles. The minimum absolute atomic E-state index is 0.0200. The quantitative estimate of drug-likeness (QED) is 0.741. The number of nitrogens with zero attached hydrogens (tertiary/aromatic N) is 1. The second kappa shape index (κ2) is 7.35. The van der Waals surface area contributed by atoms with Crippen LogP contribution in [0, 0.1) is 0 Å². The first-order valence-electron chi connectivity index (χ1n) is 9.29. The molecule has 0 radical (unpaired) electrons. The SMILES string of the molecule is COc1ccc(NC(=O)CN(C)C(=O)c2ccc3c4c(cccc24)CC3)cc1. The molecule has 4 rings (SSSR count). The van der Waals surface area contributed by atoms with Gasteiger partial charge in [-0.25, -0.2) is 0 Å². The van der Waals surface area contributed by atoms with Crippen LogP contribution in [-0.4, -0.2) is 37.4 Å². The van der Waals surface area contributed by atoms with Crippen LogP contribution in [0.15, 0.2) is 54.6 Å². The fourth-order valence-electron chi connectivity index (χ4n) is 3.80. The lowest BCUT2D eigenvalue weighted by Crippen LogP contribution is -2.35. The van der Waals surface area contributed by atoms with E-state index in [-0.39, 0.29) is 18.4 Å². The summed E-state index contributed by atoms with van der Waals surface area (Å²) < 4.78 is 5.11. The summed E-state index contributed by atoms with van der Waals surface area (Å²) >= 11 is 0. The van der Waals surface area contributed by atoms with Crippen LogP contribution in [0.3, 0.4) is 0 Å². The number of carbonyl (C=O) groups is 2. The number of likely N-dealkylation sites (N-methyl/N-ethyl adjacent to an activating group) is 1. The Hall–Kier alpha value is -3.34. The van der Waals surface area contributed by atoms with Gasteiger partial charge in [-0.1, -0.05) is 24.3 Å². The molecule has 2 amide bonds. The van der Waals surface area contributed by atoms with Gasteiger partial charge in [0.05, 0.1) is 13.7 Å². The van der Waals surface area contributed by atoms with Crippen LogP contribution in [-0.2, 0) is 17.6 Å². The normalized spacial score (nSPS) is 12.1. The summed E-state index contributed by atoms with van der Waals surface area (Å²) in [6, 6.07) is 17.1. The number of anilines is 1. The molecule has 0 bridgehead atoms. The van der Waals surface area contributed by atoms with Gasteiger partial charge in [-0.05, 0) is 65.1 Å². The van der Waals surface area contributed by atoms with Crippen molar-refractivity contribution in [3.05, 3.63) is 71.3 Å². The molecule has 1 aliphatic rings. The third-order valence-electron chi connectivity index (χ3n) is 5.21. The second-order valence-electron chi connectivity index (χ2n) is 7.05. The highest BCUT2D eigenvalue weighted by Crippen LogP contribution is 2.33. The topological polar surface area (TPSA) is 58.6 Å². The van der Waals surface area contributed by atoms with Crippen molar-refractivity contribution in [1.82, 2.24) is 4.90 Å². The number of amides is 2. The number of nitrogens with one attached hydrogen (secondary N) is 1. The fraction of sp³-hybridized carbons (Fsp3) is 0.217. The van der Waals surface area contributed by atoms with E-state index in [1.165, 1.54) is 21.4 Å². The average Bonchev–Trinajstić information content (AvgIpc) is 3.13. The van der Waals surface area contributed by atoms with Gasteiger partial charge in [-0.3, -0.25) is 9.59 Å². The summed E-state index contributed by atoms with van der Waals surface area (Å²) in [6.45, 7) is -0.0200. The molecule has 0 heterocycles. The van der Waals surface area contributed by atoms with Crippen molar-refractivity contribution in [2.45, 2.75) is 12.8 Å². The van der Waals surface area contributed by atoms with Gasteiger partial charge in [0.15, 0.2) is 0 Å². The molecule has 3 aromatic carbocycles. The van der Waals surface area contributed by atoms with Crippen molar-refractivity contribution in [2.24, 2.45) is 0 Å². The molecule has 0 saturated heterocycles. The molecule has 0 unspecified atom stereocenters. The maximum absolute atomic E-state index is 13.0. The molecule has 28 heavy (non-hydrogen) atoms. The number of ether oxygens (including phenoxy) is 1. The number of hydrogen-bond acceptors (Lipinski definition) is 3. The van der Waals surface area contributed by atoms with Crippen molar-refractivity contribution in [1.29, 1.82) is 0 Å². The number of benzene rings is 3. The Balaban J connectivity index is 1.49. The molecule has 142 valence electrons. The van der Waals surface area contributed by atoms with E-state index in [1.54, 1.807) is 38.4 Å². The molecular formula is C23H22N2O3. The Labute approximate surface area is 163 Å². The highest BCUT2D eigenvalue weighted by atomic mass is 16.5. The molecule has 1 aliphatic carbocycles. The molecule has 0 atom stereocenters. The zero-order chi connectivity index (χ0) is 19.7. The molecule has 0 aromatic heterocycles. The largest absolute Gasteiger partial charge is 0.497 e. The Kier molecular flexibility index (Phi) is 4.74. The van der Waals surface area contributed by atoms with Crippen LogP contribution < -0.4 is 10.1 Å². The van der Waals surface area contributed by atoms with Gasteiger partial charge in [0.1, 0.15) is 5.75 Å². The molecule has 1 N–H and O–H groups in total. The lowest BCUT2D eigenvalue weighted by atomic mass is 9.99. The highest BCUT2D eigenvalue weighted by Gasteiger charge is 2.21. The Morgan fingerprint density at radius 2 is 1.71 bits per heavy atom. The van der Waals surface area contributed by atoms with Gasteiger partial charge < -0.3 is 15.0 Å². The summed E-state index contributed by atoms with van der Waals surface area (Å²) in [5.74, 6) is 0.324. The van der Waals surface area contributed by atoms with E-state index in [0.717, 1.165) is 24.0 Å². The van der Waals surface area contributed by atoms with E-state index in [0.29, 0.717) is 11.3 Å². The summed E-state index contributed by atoms with van der Waals surface area (Å²) in [7, 11) is 3.24. The molecule has 0 aliphatic heterocycles. The number of hydrogen-bond donors (Lipinski definition) is 1. The van der Waals surface area contributed by atoms with Gasteiger partial charge in [0, 0.05) is 18.3 Å². The third-order valence-corrected chi connectivity index (χ3v) is 5.21. The van der Waals surface area contributed by atoms with E-state index in [4.69, 9.17) is 4.74 Å². The monoisotopic (exact) mass is 374 g/mol. The van der Waals surface area contributed by atoms with Gasteiger partial charge in [-0.2, -0.15) is 0 Å². The van der Waals surface area contributed by atoms with Crippen LogP contribution in [0.4, 0.5) is 5.69 Å². The fourth-order valence-corrected chi connectivity index (χ4v) is 3.80. The zero-order valence-corrected chi connectivity index (χ0v) is 16.0. The first-order chi connectivity index (χ1) is 13.6. The molecular weight excluding hydrogens is 352 g/mol. The van der Waals surface area contributed by atoms with E-state index in [9.17, 15) is 9.59 Å². The van der Waals surface area contributed by atoms with Gasteiger partial charge in [0.25, 0.3) is 5.91 Å². The standard InChI is InChI=1S/C23H22N2O3/c1-25(14-21(26)24-17-9-11-18(28-2)12-10-17)23(27)20-13-8-16-7-6-15-4-3-5-19(20)22(15)16/h3-5,8-13H,6-7,14H2,1-2H3,(H,24,26). The first kappa shape index (κ1) is 18.0. The van der Waals surface area contributed by atoms with Crippen LogP contribution in [0.2, 0.25) is 0 Å². The third kappa shape index (κ3) is 3.31. The molecule has 3 aromatic rings. The Bertz CT molecular complexity index is 1050. The van der Waals surface area contributed by atoms with E-state index in [1.807, 2.05) is 24.3 Å². The Morgan fingerprint density at radius 1 is 1.00 bits per heavy atom.